The Balaban J connectivity index is 4.42. The van der Waals surface area contributed by atoms with Crippen molar-refractivity contribution in [1.82, 2.24) is 0 Å². The molecule has 0 fully saturated rings. The van der Waals surface area contributed by atoms with E-state index in [1.807, 2.05) is 0 Å². The lowest BCUT2D eigenvalue weighted by atomic mass is 9.95. The highest BCUT2D eigenvalue weighted by molar-refractivity contribution is 4.75. The molecule has 0 atom stereocenters. The first-order valence-electron chi connectivity index (χ1n) is 3.95. The molecule has 0 aliphatic carbocycles. The van der Waals surface area contributed by atoms with Gasteiger partial charge in [0.2, 0.25) is 0 Å². The molecule has 80 valence electrons. The molecule has 0 bridgehead atoms. The van der Waals surface area contributed by atoms with E-state index in [1.165, 1.54) is 13.8 Å². The number of hydrogen-bond acceptors (Lipinski definition) is 1. The highest BCUT2D eigenvalue weighted by Gasteiger charge is 2.47. The van der Waals surface area contributed by atoms with Gasteiger partial charge in [-0.2, -0.15) is 8.78 Å². The highest BCUT2D eigenvalue weighted by atomic mass is 19.3. The van der Waals surface area contributed by atoms with Crippen LogP contribution in [0.25, 0.3) is 0 Å². The Morgan fingerprint density at radius 1 is 1.08 bits per heavy atom. The van der Waals surface area contributed by atoms with Crippen LogP contribution in [0, 0.1) is 5.92 Å². The van der Waals surface area contributed by atoms with E-state index in [0.717, 1.165) is 0 Å². The van der Waals surface area contributed by atoms with Gasteiger partial charge in [0.15, 0.2) is 0 Å². The maximum atomic E-state index is 12.4. The SMILES string of the molecule is CC(C)C(C)(C)OC(F)(F)C(F)F. The van der Waals surface area contributed by atoms with Crippen LogP contribution in [0.1, 0.15) is 27.7 Å². The molecule has 0 saturated heterocycles. The molecule has 0 spiro atoms. The second-order valence-corrected chi connectivity index (χ2v) is 3.72. The number of halogens is 4. The van der Waals surface area contributed by atoms with Gasteiger partial charge in [0.25, 0.3) is 0 Å². The van der Waals surface area contributed by atoms with Gasteiger partial charge < -0.3 is 4.74 Å². The molecule has 1 nitrogen and oxygen atoms in total. The molecule has 0 amide bonds. The van der Waals surface area contributed by atoms with Crippen LogP contribution in [0.3, 0.4) is 0 Å². The quantitative estimate of drug-likeness (QED) is 0.635. The molecule has 5 heteroatoms. The maximum absolute atomic E-state index is 12.4. The Morgan fingerprint density at radius 3 is 1.69 bits per heavy atom. The van der Waals surface area contributed by atoms with Crippen molar-refractivity contribution in [1.29, 1.82) is 0 Å². The molecule has 0 N–H and O–H groups in total. The van der Waals surface area contributed by atoms with Crippen molar-refractivity contribution < 1.29 is 22.3 Å². The van der Waals surface area contributed by atoms with Crippen molar-refractivity contribution in [3.63, 3.8) is 0 Å². The largest absolute Gasteiger partial charge is 0.416 e. The summed E-state index contributed by atoms with van der Waals surface area (Å²) in [6.07, 6.45) is -8.15. The third-order valence-corrected chi connectivity index (χ3v) is 2.04. The lowest BCUT2D eigenvalue weighted by Gasteiger charge is -2.33. The Morgan fingerprint density at radius 2 is 1.46 bits per heavy atom. The summed E-state index contributed by atoms with van der Waals surface area (Å²) in [6, 6.07) is 0. The Kier molecular flexibility index (Phi) is 3.72. The predicted octanol–water partition coefficient (Wildman–Crippen LogP) is 3.30. The van der Waals surface area contributed by atoms with Crippen LogP contribution in [-0.4, -0.2) is 18.1 Å². The summed E-state index contributed by atoms with van der Waals surface area (Å²) >= 11 is 0. The third kappa shape index (κ3) is 3.50. The van der Waals surface area contributed by atoms with Crippen molar-refractivity contribution in [2.75, 3.05) is 0 Å². The van der Waals surface area contributed by atoms with Crippen LogP contribution < -0.4 is 0 Å². The Labute approximate surface area is 75.1 Å². The zero-order chi connectivity index (χ0) is 10.9. The first kappa shape index (κ1) is 12.7. The molecular formula is C8H14F4O. The van der Waals surface area contributed by atoms with E-state index in [2.05, 4.69) is 4.74 Å². The van der Waals surface area contributed by atoms with Gasteiger partial charge in [-0.3, -0.25) is 0 Å². The zero-order valence-electron chi connectivity index (χ0n) is 8.07. The fourth-order valence-corrected chi connectivity index (χ4v) is 0.513. The van der Waals surface area contributed by atoms with E-state index in [1.54, 1.807) is 13.8 Å². The first-order chi connectivity index (χ1) is 5.59. The molecular weight excluding hydrogens is 188 g/mol. The summed E-state index contributed by atoms with van der Waals surface area (Å²) in [6.45, 7) is 5.96. The Hall–Kier alpha value is -0.320. The molecule has 0 aliphatic rings. The van der Waals surface area contributed by atoms with Gasteiger partial charge in [-0.25, -0.2) is 8.78 Å². The summed E-state index contributed by atoms with van der Waals surface area (Å²) in [5, 5.41) is 0. The predicted molar refractivity (Wildman–Crippen MR) is 41.0 cm³/mol. The topological polar surface area (TPSA) is 9.23 Å². The first-order valence-corrected chi connectivity index (χ1v) is 3.95. The molecule has 0 heterocycles. The lowest BCUT2D eigenvalue weighted by molar-refractivity contribution is -0.343. The molecule has 0 aromatic rings. The van der Waals surface area contributed by atoms with E-state index in [4.69, 9.17) is 0 Å². The molecule has 0 aromatic carbocycles. The summed E-state index contributed by atoms with van der Waals surface area (Å²) in [7, 11) is 0. The number of rotatable bonds is 4. The molecule has 0 saturated carbocycles. The fraction of sp³-hybridized carbons (Fsp3) is 1.00. The van der Waals surface area contributed by atoms with E-state index in [0.29, 0.717) is 0 Å². The molecule has 13 heavy (non-hydrogen) atoms. The van der Waals surface area contributed by atoms with Crippen LogP contribution in [0.2, 0.25) is 0 Å². The summed E-state index contributed by atoms with van der Waals surface area (Å²) in [5.41, 5.74) is -1.26. The van der Waals surface area contributed by atoms with Gasteiger partial charge in [-0.05, 0) is 19.8 Å². The molecule has 0 unspecified atom stereocenters. The fourth-order valence-electron chi connectivity index (χ4n) is 0.513. The molecule has 0 radical (unpaired) electrons. The summed E-state index contributed by atoms with van der Waals surface area (Å²) in [5.74, 6) is -0.267. The smallest absolute Gasteiger partial charge is 0.310 e. The average Bonchev–Trinajstić information content (AvgIpc) is 1.83. The summed E-state index contributed by atoms with van der Waals surface area (Å²) in [4.78, 5) is 0. The van der Waals surface area contributed by atoms with E-state index < -0.39 is 18.1 Å². The van der Waals surface area contributed by atoms with Gasteiger partial charge >= 0.3 is 12.5 Å². The Bertz CT molecular complexity index is 148. The average molecular weight is 202 g/mol. The minimum Gasteiger partial charge on any atom is -0.310 e. The molecule has 0 aromatic heterocycles. The van der Waals surface area contributed by atoms with Crippen molar-refractivity contribution in [2.45, 2.75) is 45.8 Å². The third-order valence-electron chi connectivity index (χ3n) is 2.04. The zero-order valence-corrected chi connectivity index (χ0v) is 8.07. The van der Waals surface area contributed by atoms with Crippen molar-refractivity contribution in [2.24, 2.45) is 5.92 Å². The maximum Gasteiger partial charge on any atom is 0.416 e. The highest BCUT2D eigenvalue weighted by Crippen LogP contribution is 2.33. The lowest BCUT2D eigenvalue weighted by Crippen LogP contribution is -2.42. The molecule has 0 aliphatic heterocycles. The van der Waals surface area contributed by atoms with Gasteiger partial charge in [-0.15, -0.1) is 0 Å². The van der Waals surface area contributed by atoms with Gasteiger partial charge in [-0.1, -0.05) is 13.8 Å². The van der Waals surface area contributed by atoms with Gasteiger partial charge in [0.1, 0.15) is 0 Å². The minimum absolute atomic E-state index is 0.267. The van der Waals surface area contributed by atoms with Crippen LogP contribution in [0.15, 0.2) is 0 Å². The van der Waals surface area contributed by atoms with Crippen LogP contribution >= 0.6 is 0 Å². The normalized spacial score (nSPS) is 14.3. The number of hydrogen-bond donors (Lipinski definition) is 0. The van der Waals surface area contributed by atoms with E-state index in [9.17, 15) is 17.6 Å². The molecule has 0 rings (SSSR count). The van der Waals surface area contributed by atoms with E-state index >= 15 is 0 Å². The van der Waals surface area contributed by atoms with Crippen molar-refractivity contribution in [3.8, 4) is 0 Å². The van der Waals surface area contributed by atoms with E-state index in [-0.39, 0.29) is 5.92 Å². The van der Waals surface area contributed by atoms with Gasteiger partial charge in [0.05, 0.1) is 5.60 Å². The summed E-state index contributed by atoms with van der Waals surface area (Å²) < 4.78 is 52.4. The van der Waals surface area contributed by atoms with Crippen LogP contribution in [0.5, 0.6) is 0 Å². The number of ether oxygens (including phenoxy) is 1. The van der Waals surface area contributed by atoms with Crippen LogP contribution in [-0.2, 0) is 4.74 Å². The standard InChI is InChI=1S/C8H14F4O/c1-5(2)7(3,4)13-8(11,12)6(9)10/h5-6H,1-4H3. The van der Waals surface area contributed by atoms with Crippen molar-refractivity contribution in [3.05, 3.63) is 0 Å². The second-order valence-electron chi connectivity index (χ2n) is 3.72. The van der Waals surface area contributed by atoms with Crippen molar-refractivity contribution >= 4 is 0 Å². The second kappa shape index (κ2) is 3.82. The van der Waals surface area contributed by atoms with Gasteiger partial charge in [0, 0.05) is 0 Å². The van der Waals surface area contributed by atoms with Crippen LogP contribution in [0.4, 0.5) is 17.6 Å². The number of alkyl halides is 4. The monoisotopic (exact) mass is 202 g/mol. The minimum atomic E-state index is -4.37.